The molecular weight excluding hydrogens is 793 g/mol. The van der Waals surface area contributed by atoms with Gasteiger partial charge in [-0.25, -0.2) is 0 Å². The van der Waals surface area contributed by atoms with Crippen molar-refractivity contribution in [2.45, 2.75) is 0 Å². The molecule has 0 aliphatic rings. The molecule has 10 aromatic carbocycles. The van der Waals surface area contributed by atoms with Crippen LogP contribution >= 0.6 is 0 Å². The standard InChI is InChI=1S/C59H32N6/c60-33-36-25-27-37(28-26-36)56-58(63-50-21-9-5-17-42(50)43-18-6-10-22-51(43)63)48(34-61)57(49(35-62)59(56)64-52-23-11-7-19-44(52)45-20-8-12-24-53(45)64)65-54-31-40-15-3-1-13-38(40)29-46(54)47-30-39-14-2-4-16-41(39)32-55(47)65/h1-32H. The molecule has 0 unspecified atom stereocenters. The van der Waals surface area contributed by atoms with Gasteiger partial charge in [-0.1, -0.05) is 133 Å². The van der Waals surface area contributed by atoms with Gasteiger partial charge in [0.2, 0.25) is 0 Å². The van der Waals surface area contributed by atoms with E-state index in [0.29, 0.717) is 39.3 Å². The zero-order valence-corrected chi connectivity index (χ0v) is 34.7. The number of nitriles is 3. The third-order valence-electron chi connectivity index (χ3n) is 13.3. The maximum Gasteiger partial charge on any atom is 0.104 e. The highest BCUT2D eigenvalue weighted by Crippen LogP contribution is 2.49. The van der Waals surface area contributed by atoms with E-state index in [2.05, 4.69) is 141 Å². The van der Waals surface area contributed by atoms with E-state index >= 15 is 0 Å². The van der Waals surface area contributed by atoms with Gasteiger partial charge in [0.05, 0.1) is 61.8 Å². The van der Waals surface area contributed by atoms with E-state index in [1.54, 1.807) is 0 Å². The number of rotatable bonds is 4. The summed E-state index contributed by atoms with van der Waals surface area (Å²) in [4.78, 5) is 0. The number of aromatic nitrogens is 3. The molecule has 0 aliphatic carbocycles. The van der Waals surface area contributed by atoms with E-state index in [9.17, 15) is 15.8 Å². The first kappa shape index (κ1) is 36.3. The summed E-state index contributed by atoms with van der Waals surface area (Å²) in [6.07, 6.45) is 0. The van der Waals surface area contributed by atoms with Crippen molar-refractivity contribution in [2.75, 3.05) is 0 Å². The van der Waals surface area contributed by atoms with E-state index in [1.165, 1.54) is 0 Å². The van der Waals surface area contributed by atoms with Gasteiger partial charge in [-0.3, -0.25) is 0 Å². The van der Waals surface area contributed by atoms with Gasteiger partial charge in [-0.2, -0.15) is 15.8 Å². The molecule has 13 rings (SSSR count). The zero-order chi connectivity index (χ0) is 43.3. The third-order valence-corrected chi connectivity index (χ3v) is 13.3. The predicted octanol–water partition coefficient (Wildman–Crippen LogP) is 14.6. The van der Waals surface area contributed by atoms with Crippen molar-refractivity contribution < 1.29 is 0 Å². The van der Waals surface area contributed by atoms with Gasteiger partial charge in [-0.15, -0.1) is 0 Å². The molecule has 0 saturated heterocycles. The molecule has 13 aromatic rings. The van der Waals surface area contributed by atoms with Crippen LogP contribution in [-0.4, -0.2) is 13.7 Å². The second-order valence-electron chi connectivity index (χ2n) is 16.6. The van der Waals surface area contributed by atoms with Crippen LogP contribution in [0.5, 0.6) is 0 Å². The van der Waals surface area contributed by atoms with E-state index in [1.807, 2.05) is 84.9 Å². The summed E-state index contributed by atoms with van der Waals surface area (Å²) < 4.78 is 6.62. The molecule has 0 saturated carbocycles. The van der Waals surface area contributed by atoms with Crippen molar-refractivity contribution in [1.29, 1.82) is 15.8 Å². The lowest BCUT2D eigenvalue weighted by Crippen LogP contribution is -2.14. The van der Waals surface area contributed by atoms with Crippen LogP contribution in [0.15, 0.2) is 194 Å². The van der Waals surface area contributed by atoms with Crippen LogP contribution in [0.1, 0.15) is 16.7 Å². The molecule has 0 N–H and O–H groups in total. The second-order valence-corrected chi connectivity index (χ2v) is 16.6. The van der Waals surface area contributed by atoms with Gasteiger partial charge in [0.1, 0.15) is 23.3 Å². The van der Waals surface area contributed by atoms with E-state index in [4.69, 9.17) is 0 Å². The number of hydrogen-bond acceptors (Lipinski definition) is 3. The Morgan fingerprint density at radius 2 is 0.631 bits per heavy atom. The minimum Gasteiger partial charge on any atom is -0.307 e. The molecule has 6 heteroatoms. The highest BCUT2D eigenvalue weighted by atomic mass is 15.1. The number of hydrogen-bond donors (Lipinski definition) is 0. The Balaban J connectivity index is 1.35. The lowest BCUT2D eigenvalue weighted by molar-refractivity contribution is 1.08. The number of nitrogens with zero attached hydrogens (tertiary/aromatic N) is 6. The first-order valence-electron chi connectivity index (χ1n) is 21.5. The lowest BCUT2D eigenvalue weighted by Gasteiger charge is -2.26. The third kappa shape index (κ3) is 5.07. The molecule has 3 heterocycles. The van der Waals surface area contributed by atoms with Crippen molar-refractivity contribution >= 4 is 87.0 Å². The Morgan fingerprint density at radius 3 is 1.00 bits per heavy atom. The molecule has 0 fully saturated rings. The minimum atomic E-state index is 0.344. The molecule has 65 heavy (non-hydrogen) atoms. The summed E-state index contributed by atoms with van der Waals surface area (Å²) in [7, 11) is 0. The maximum absolute atomic E-state index is 12.1. The van der Waals surface area contributed by atoms with E-state index in [-0.39, 0.29) is 0 Å². The Morgan fingerprint density at radius 1 is 0.292 bits per heavy atom. The first-order valence-corrected chi connectivity index (χ1v) is 21.5. The molecule has 6 nitrogen and oxygen atoms in total. The Labute approximate surface area is 372 Å². The van der Waals surface area contributed by atoms with Crippen LogP contribution in [0.2, 0.25) is 0 Å². The average Bonchev–Trinajstić information content (AvgIpc) is 3.99. The molecule has 0 aliphatic heterocycles. The molecule has 0 spiro atoms. The quantitative estimate of drug-likeness (QED) is 0.177. The summed E-state index contributed by atoms with van der Waals surface area (Å²) in [5, 5.41) is 44.8. The van der Waals surface area contributed by atoms with Crippen LogP contribution < -0.4 is 0 Å². The second kappa shape index (κ2) is 13.8. The molecule has 298 valence electrons. The molecule has 0 atom stereocenters. The van der Waals surface area contributed by atoms with Gasteiger partial charge >= 0.3 is 0 Å². The highest BCUT2D eigenvalue weighted by molar-refractivity contribution is 6.18. The fourth-order valence-electron chi connectivity index (χ4n) is 10.5. The van der Waals surface area contributed by atoms with Crippen LogP contribution in [0.25, 0.3) is 115 Å². The molecular formula is C59H32N6. The summed E-state index contributed by atoms with van der Waals surface area (Å²) >= 11 is 0. The van der Waals surface area contributed by atoms with E-state index < -0.39 is 0 Å². The summed E-state index contributed by atoms with van der Waals surface area (Å²) in [5.41, 5.74) is 9.86. The van der Waals surface area contributed by atoms with Crippen molar-refractivity contribution in [3.63, 3.8) is 0 Å². The predicted molar refractivity (Wildman–Crippen MR) is 264 cm³/mol. The molecule has 0 radical (unpaired) electrons. The van der Waals surface area contributed by atoms with Gasteiger partial charge in [0.25, 0.3) is 0 Å². The van der Waals surface area contributed by atoms with Crippen molar-refractivity contribution in [3.8, 4) is 46.4 Å². The Hall–Kier alpha value is -9.41. The van der Waals surface area contributed by atoms with Crippen LogP contribution in [0.4, 0.5) is 0 Å². The van der Waals surface area contributed by atoms with E-state index in [0.717, 1.165) is 92.5 Å². The largest absolute Gasteiger partial charge is 0.307 e. The highest BCUT2D eigenvalue weighted by Gasteiger charge is 2.33. The molecule has 0 bridgehead atoms. The van der Waals surface area contributed by atoms with Crippen molar-refractivity contribution in [1.82, 2.24) is 13.7 Å². The lowest BCUT2D eigenvalue weighted by atomic mass is 9.91. The number of benzene rings is 10. The van der Waals surface area contributed by atoms with Gasteiger partial charge in [0.15, 0.2) is 0 Å². The molecule has 0 amide bonds. The normalized spacial score (nSPS) is 11.6. The molecule has 3 aromatic heterocycles. The fourth-order valence-corrected chi connectivity index (χ4v) is 10.5. The van der Waals surface area contributed by atoms with Crippen molar-refractivity contribution in [2.24, 2.45) is 0 Å². The zero-order valence-electron chi connectivity index (χ0n) is 34.7. The number of para-hydroxylation sites is 4. The SMILES string of the molecule is N#Cc1ccc(-c2c(-n3c4ccccc4c4ccccc43)c(C#N)c(-n3c4cc5ccccc5cc4c4cc5ccccc5cc43)c(C#N)c2-n2c3ccccc3c3ccccc32)cc1. The van der Waals surface area contributed by atoms with Crippen LogP contribution in [0.3, 0.4) is 0 Å². The summed E-state index contributed by atoms with van der Waals surface area (Å²) in [5.74, 6) is 0. The average molecular weight is 825 g/mol. The fraction of sp³-hybridized carbons (Fsp3) is 0. The monoisotopic (exact) mass is 824 g/mol. The van der Waals surface area contributed by atoms with Gasteiger partial charge < -0.3 is 13.7 Å². The first-order chi connectivity index (χ1) is 32.1. The maximum atomic E-state index is 12.1. The summed E-state index contributed by atoms with van der Waals surface area (Å²) in [6, 6.07) is 74.2. The van der Waals surface area contributed by atoms with Crippen molar-refractivity contribution in [3.05, 3.63) is 211 Å². The topological polar surface area (TPSA) is 86.2 Å². The Bertz CT molecular complexity index is 3980. The van der Waals surface area contributed by atoms with Gasteiger partial charge in [-0.05, 0) is 87.8 Å². The van der Waals surface area contributed by atoms with Crippen LogP contribution in [-0.2, 0) is 0 Å². The minimum absolute atomic E-state index is 0.344. The smallest absolute Gasteiger partial charge is 0.104 e. The van der Waals surface area contributed by atoms with Gasteiger partial charge in [0, 0.05) is 37.9 Å². The summed E-state index contributed by atoms with van der Waals surface area (Å²) in [6.45, 7) is 0. The van der Waals surface area contributed by atoms with Crippen LogP contribution in [0, 0.1) is 34.0 Å². The number of fused-ring (bicyclic) bond motifs is 11. The Kier molecular flexibility index (Phi) is 7.70.